The number of nitrogens with zero attached hydrogens (tertiary/aromatic N) is 1. The summed E-state index contributed by atoms with van der Waals surface area (Å²) in [7, 11) is 0. The van der Waals surface area contributed by atoms with Crippen molar-refractivity contribution in [3.8, 4) is 0 Å². The molecular formula is C23H22FN2O2S+. The second-order valence-corrected chi connectivity index (χ2v) is 7.14. The second-order valence-electron chi connectivity index (χ2n) is 6.73. The standard InChI is InChI=1S/C23H21FN2O2S/c1-15-5-10-20(12-16(15)2)25-23(29)21(26-11-3-4-17(13-26)14-27)22(28)18-6-8-19(24)9-7-18/h3-13,27H,14H2,1-2H3,(H-,25,28,29)/p+1. The van der Waals surface area contributed by atoms with E-state index in [0.29, 0.717) is 16.8 Å². The molecule has 0 saturated carbocycles. The van der Waals surface area contributed by atoms with Crippen LogP contribution in [0.25, 0.3) is 11.5 Å². The third kappa shape index (κ3) is 4.85. The Morgan fingerprint density at radius 3 is 2.45 bits per heavy atom. The molecule has 3 N–H and O–H groups in total. The van der Waals surface area contributed by atoms with E-state index in [1.807, 2.05) is 32.0 Å². The molecule has 0 spiro atoms. The topological polar surface area (TPSA) is 56.4 Å². The van der Waals surface area contributed by atoms with Gasteiger partial charge in [0.2, 0.25) is 0 Å². The molecule has 0 atom stereocenters. The van der Waals surface area contributed by atoms with Crippen LogP contribution in [0.5, 0.6) is 0 Å². The van der Waals surface area contributed by atoms with E-state index in [1.54, 1.807) is 29.1 Å². The number of nitrogens with one attached hydrogen (secondary N) is 1. The fourth-order valence-electron chi connectivity index (χ4n) is 2.86. The number of benzene rings is 2. The summed E-state index contributed by atoms with van der Waals surface area (Å²) in [6, 6.07) is 14.9. The minimum absolute atomic E-state index is 0.105. The zero-order chi connectivity index (χ0) is 21.0. The largest absolute Gasteiger partial charge is 0.502 e. The van der Waals surface area contributed by atoms with E-state index in [2.05, 4.69) is 5.32 Å². The molecule has 0 aliphatic heterocycles. The molecule has 6 heteroatoms. The lowest BCUT2D eigenvalue weighted by atomic mass is 10.1. The lowest BCUT2D eigenvalue weighted by molar-refractivity contribution is -0.576. The van der Waals surface area contributed by atoms with Crippen molar-refractivity contribution in [3.63, 3.8) is 0 Å². The Morgan fingerprint density at radius 2 is 1.79 bits per heavy atom. The predicted molar refractivity (Wildman–Crippen MR) is 117 cm³/mol. The Balaban J connectivity index is 2.08. The quantitative estimate of drug-likeness (QED) is 0.251. The monoisotopic (exact) mass is 409 g/mol. The number of thiocarbonyl (C=S) groups is 1. The summed E-state index contributed by atoms with van der Waals surface area (Å²) in [5.74, 6) is -0.500. The molecule has 2 aromatic carbocycles. The van der Waals surface area contributed by atoms with Gasteiger partial charge in [0.25, 0.3) is 5.70 Å². The minimum atomic E-state index is -0.395. The maximum absolute atomic E-state index is 13.3. The highest BCUT2D eigenvalue weighted by Gasteiger charge is 2.24. The van der Waals surface area contributed by atoms with Crippen LogP contribution < -0.4 is 9.88 Å². The second kappa shape index (κ2) is 8.94. The molecule has 0 amide bonds. The Kier molecular flexibility index (Phi) is 6.36. The molecule has 4 nitrogen and oxygen atoms in total. The molecule has 0 fully saturated rings. The molecule has 0 unspecified atom stereocenters. The fraction of sp³-hybridized carbons (Fsp3) is 0.130. The lowest BCUT2D eigenvalue weighted by Gasteiger charge is -2.12. The Bertz CT molecular complexity index is 1080. The van der Waals surface area contributed by atoms with Crippen molar-refractivity contribution in [1.29, 1.82) is 0 Å². The van der Waals surface area contributed by atoms with Gasteiger partial charge in [0.05, 0.1) is 6.61 Å². The summed E-state index contributed by atoms with van der Waals surface area (Å²) >= 11 is 5.61. The number of hydrogen-bond donors (Lipinski definition) is 3. The van der Waals surface area contributed by atoms with Crippen molar-refractivity contribution in [1.82, 2.24) is 0 Å². The molecule has 0 bridgehead atoms. The highest BCUT2D eigenvalue weighted by atomic mass is 32.1. The molecule has 3 aromatic rings. The first-order valence-electron chi connectivity index (χ1n) is 9.08. The third-order valence-electron chi connectivity index (χ3n) is 4.62. The molecule has 0 radical (unpaired) electrons. The normalized spacial score (nSPS) is 11.7. The van der Waals surface area contributed by atoms with Gasteiger partial charge < -0.3 is 15.5 Å². The van der Waals surface area contributed by atoms with Crippen LogP contribution in [0.1, 0.15) is 22.3 Å². The van der Waals surface area contributed by atoms with E-state index in [4.69, 9.17) is 12.2 Å². The van der Waals surface area contributed by atoms with Crippen molar-refractivity contribution >= 4 is 34.3 Å². The average Bonchev–Trinajstić information content (AvgIpc) is 2.71. The molecule has 148 valence electrons. The van der Waals surface area contributed by atoms with Crippen LogP contribution in [0.15, 0.2) is 67.0 Å². The Morgan fingerprint density at radius 1 is 1.07 bits per heavy atom. The van der Waals surface area contributed by atoms with Gasteiger partial charge in [-0.1, -0.05) is 18.3 Å². The van der Waals surface area contributed by atoms with E-state index in [1.165, 1.54) is 24.3 Å². The summed E-state index contributed by atoms with van der Waals surface area (Å²) < 4.78 is 15.0. The molecule has 1 aromatic heterocycles. The molecule has 0 saturated heterocycles. The zero-order valence-corrected chi connectivity index (χ0v) is 17.0. The number of aromatic nitrogens is 1. The molecule has 1 heterocycles. The third-order valence-corrected chi connectivity index (χ3v) is 4.92. The number of anilines is 1. The van der Waals surface area contributed by atoms with E-state index in [0.717, 1.165) is 16.8 Å². The SMILES string of the molecule is Cc1ccc(NC(=S)/C(=C(\O)c2ccc(F)cc2)[n+]2cccc(CO)c2)cc1C. The first kappa shape index (κ1) is 20.6. The van der Waals surface area contributed by atoms with Gasteiger partial charge in [-0.2, -0.15) is 4.57 Å². The Hall–Kier alpha value is -3.09. The molecule has 29 heavy (non-hydrogen) atoms. The van der Waals surface area contributed by atoms with Crippen molar-refractivity contribution in [2.75, 3.05) is 5.32 Å². The van der Waals surface area contributed by atoms with Crippen molar-refractivity contribution in [2.24, 2.45) is 0 Å². The van der Waals surface area contributed by atoms with Crippen LogP contribution in [0.2, 0.25) is 0 Å². The van der Waals surface area contributed by atoms with Gasteiger partial charge in [0.15, 0.2) is 23.1 Å². The number of aliphatic hydroxyl groups excluding tert-OH is 2. The summed E-state index contributed by atoms with van der Waals surface area (Å²) in [5.41, 5.74) is 4.47. The highest BCUT2D eigenvalue weighted by molar-refractivity contribution is 7.81. The lowest BCUT2D eigenvalue weighted by Crippen LogP contribution is -2.39. The number of pyridine rings is 1. The maximum Gasteiger partial charge on any atom is 0.288 e. The number of aliphatic hydroxyl groups is 2. The molecule has 0 aliphatic carbocycles. The maximum atomic E-state index is 13.3. The number of rotatable bonds is 5. The molecule has 3 rings (SSSR count). The van der Waals surface area contributed by atoms with Gasteiger partial charge in [-0.05, 0) is 67.4 Å². The summed E-state index contributed by atoms with van der Waals surface area (Å²) in [4.78, 5) is 0.287. The summed E-state index contributed by atoms with van der Waals surface area (Å²) in [6.45, 7) is 3.89. The van der Waals surface area contributed by atoms with Crippen LogP contribution in [0, 0.1) is 19.7 Å². The fourth-order valence-corrected chi connectivity index (χ4v) is 3.18. The summed E-state index contributed by atoms with van der Waals surface area (Å²) in [5, 5.41) is 23.6. The van der Waals surface area contributed by atoms with E-state index >= 15 is 0 Å². The molecular weight excluding hydrogens is 387 g/mol. The first-order valence-corrected chi connectivity index (χ1v) is 9.49. The van der Waals surface area contributed by atoms with Crippen molar-refractivity contribution in [2.45, 2.75) is 20.5 Å². The van der Waals surface area contributed by atoms with Gasteiger partial charge >= 0.3 is 0 Å². The first-order chi connectivity index (χ1) is 13.9. The average molecular weight is 410 g/mol. The summed E-state index contributed by atoms with van der Waals surface area (Å²) in [6.07, 6.45) is 3.41. The minimum Gasteiger partial charge on any atom is -0.502 e. The van der Waals surface area contributed by atoms with Crippen molar-refractivity contribution in [3.05, 3.63) is 95.1 Å². The van der Waals surface area contributed by atoms with E-state index in [9.17, 15) is 14.6 Å². The Labute approximate surface area is 174 Å². The van der Waals surface area contributed by atoms with E-state index < -0.39 is 5.82 Å². The highest BCUT2D eigenvalue weighted by Crippen LogP contribution is 2.21. The van der Waals surface area contributed by atoms with Crippen LogP contribution >= 0.6 is 12.2 Å². The smallest absolute Gasteiger partial charge is 0.288 e. The molecule has 0 aliphatic rings. The van der Waals surface area contributed by atoms with Crippen LogP contribution in [0.4, 0.5) is 10.1 Å². The van der Waals surface area contributed by atoms with Gasteiger partial charge in [0.1, 0.15) is 5.82 Å². The van der Waals surface area contributed by atoms with Crippen molar-refractivity contribution < 1.29 is 19.2 Å². The van der Waals surface area contributed by atoms with Gasteiger partial charge in [-0.3, -0.25) is 0 Å². The van der Waals surface area contributed by atoms with Gasteiger partial charge in [-0.15, -0.1) is 0 Å². The number of halogens is 1. The van der Waals surface area contributed by atoms with E-state index in [-0.39, 0.29) is 17.4 Å². The van der Waals surface area contributed by atoms with Crippen LogP contribution in [0.3, 0.4) is 0 Å². The van der Waals surface area contributed by atoms with Crippen LogP contribution in [-0.4, -0.2) is 15.2 Å². The predicted octanol–water partition coefficient (Wildman–Crippen LogP) is 4.55. The van der Waals surface area contributed by atoms with Crippen LogP contribution in [-0.2, 0) is 6.61 Å². The zero-order valence-electron chi connectivity index (χ0n) is 16.2. The van der Waals surface area contributed by atoms with Gasteiger partial charge in [0, 0.05) is 22.9 Å². The number of aryl methyl sites for hydroxylation is 2. The van der Waals surface area contributed by atoms with Gasteiger partial charge in [-0.25, -0.2) is 4.39 Å². The number of hydrogen-bond acceptors (Lipinski definition) is 3.